The largest absolute Gasteiger partial charge is 0.271 e. The highest BCUT2D eigenvalue weighted by molar-refractivity contribution is 5.07. The number of nitrogens with two attached hydrogens (primary N) is 1. The van der Waals surface area contributed by atoms with Gasteiger partial charge in [0.1, 0.15) is 0 Å². The van der Waals surface area contributed by atoms with Gasteiger partial charge in [-0.2, -0.15) is 0 Å². The molecule has 0 aromatic carbocycles. The summed E-state index contributed by atoms with van der Waals surface area (Å²) >= 11 is 0. The van der Waals surface area contributed by atoms with Crippen molar-refractivity contribution in [2.24, 2.45) is 12.9 Å². The molecule has 0 amide bonds. The minimum Gasteiger partial charge on any atom is -0.271 e. The Kier molecular flexibility index (Phi) is 3.18. The number of nitrogens with zero attached hydrogens (tertiary/aromatic N) is 5. The highest BCUT2D eigenvalue weighted by Gasteiger charge is 2.13. The zero-order valence-electron chi connectivity index (χ0n) is 8.91. The molecule has 0 aliphatic rings. The molecule has 16 heavy (non-hydrogen) atoms. The van der Waals surface area contributed by atoms with Crippen LogP contribution >= 0.6 is 0 Å². The first-order valence-electron chi connectivity index (χ1n) is 4.87. The van der Waals surface area contributed by atoms with E-state index < -0.39 is 0 Å². The first-order chi connectivity index (χ1) is 7.79. The van der Waals surface area contributed by atoms with Gasteiger partial charge in [0.2, 0.25) is 0 Å². The van der Waals surface area contributed by atoms with Crippen LogP contribution in [0.4, 0.5) is 0 Å². The van der Waals surface area contributed by atoms with Crippen LogP contribution in [-0.4, -0.2) is 25.0 Å². The van der Waals surface area contributed by atoms with Crippen molar-refractivity contribution in [3.63, 3.8) is 0 Å². The van der Waals surface area contributed by atoms with Crippen LogP contribution in [0.5, 0.6) is 0 Å². The molecule has 0 saturated heterocycles. The van der Waals surface area contributed by atoms with E-state index >= 15 is 0 Å². The lowest BCUT2D eigenvalue weighted by molar-refractivity contribution is 0.530. The molecule has 0 aliphatic heterocycles. The Balaban J connectivity index is 2.12. The van der Waals surface area contributed by atoms with E-state index in [9.17, 15) is 0 Å². The Morgan fingerprint density at radius 2 is 2.38 bits per heavy atom. The second kappa shape index (κ2) is 4.77. The zero-order valence-corrected chi connectivity index (χ0v) is 8.91. The van der Waals surface area contributed by atoms with E-state index in [4.69, 9.17) is 5.84 Å². The normalized spacial score (nSPS) is 12.6. The van der Waals surface area contributed by atoms with Gasteiger partial charge in [0, 0.05) is 32.1 Å². The molecule has 2 aromatic heterocycles. The topological polar surface area (TPSA) is 94.5 Å². The van der Waals surface area contributed by atoms with Crippen LogP contribution in [0.25, 0.3) is 0 Å². The third-order valence-corrected chi connectivity index (χ3v) is 2.20. The van der Waals surface area contributed by atoms with Crippen LogP contribution in [0.2, 0.25) is 0 Å². The van der Waals surface area contributed by atoms with Crippen LogP contribution in [0, 0.1) is 0 Å². The third kappa shape index (κ3) is 2.38. The van der Waals surface area contributed by atoms with E-state index in [1.807, 2.05) is 13.2 Å². The number of hydrazine groups is 1. The molecule has 2 rings (SSSR count). The average molecular weight is 219 g/mol. The van der Waals surface area contributed by atoms with Gasteiger partial charge < -0.3 is 0 Å². The van der Waals surface area contributed by atoms with E-state index in [1.54, 1.807) is 23.3 Å². The minimum atomic E-state index is -0.106. The molecule has 0 bridgehead atoms. The summed E-state index contributed by atoms with van der Waals surface area (Å²) in [6.45, 7) is 0. The van der Waals surface area contributed by atoms with Gasteiger partial charge in [-0.1, -0.05) is 5.21 Å². The highest BCUT2D eigenvalue weighted by atomic mass is 15.4. The van der Waals surface area contributed by atoms with Gasteiger partial charge in [0.05, 0.1) is 23.6 Å². The SMILES string of the molecule is Cn1cc(CC(NN)c2cnccn2)nn1. The lowest BCUT2D eigenvalue weighted by Gasteiger charge is -2.12. The molecule has 0 saturated carbocycles. The molecule has 1 atom stereocenters. The summed E-state index contributed by atoms with van der Waals surface area (Å²) in [6.07, 6.45) is 7.42. The van der Waals surface area contributed by atoms with Gasteiger partial charge in [-0.15, -0.1) is 5.10 Å². The number of hydrogen-bond acceptors (Lipinski definition) is 6. The fraction of sp³-hybridized carbons (Fsp3) is 0.333. The molecular formula is C9H13N7. The van der Waals surface area contributed by atoms with Crippen molar-refractivity contribution < 1.29 is 0 Å². The number of nitrogens with one attached hydrogen (secondary N) is 1. The molecule has 2 heterocycles. The van der Waals surface area contributed by atoms with E-state index in [0.717, 1.165) is 11.4 Å². The van der Waals surface area contributed by atoms with Crippen molar-refractivity contribution in [3.8, 4) is 0 Å². The lowest BCUT2D eigenvalue weighted by Crippen LogP contribution is -2.30. The summed E-state index contributed by atoms with van der Waals surface area (Å²) in [5.74, 6) is 5.49. The third-order valence-electron chi connectivity index (χ3n) is 2.20. The van der Waals surface area contributed by atoms with Crippen molar-refractivity contribution in [2.75, 3.05) is 0 Å². The van der Waals surface area contributed by atoms with E-state index in [-0.39, 0.29) is 6.04 Å². The minimum absolute atomic E-state index is 0.106. The van der Waals surface area contributed by atoms with Crippen molar-refractivity contribution >= 4 is 0 Å². The Morgan fingerprint density at radius 1 is 1.50 bits per heavy atom. The molecule has 84 valence electrons. The molecule has 7 heteroatoms. The van der Waals surface area contributed by atoms with Crippen molar-refractivity contribution in [1.29, 1.82) is 0 Å². The van der Waals surface area contributed by atoms with Crippen LogP contribution in [0.1, 0.15) is 17.4 Å². The predicted octanol–water partition coefficient (Wildman–Crippen LogP) is -0.648. The lowest BCUT2D eigenvalue weighted by atomic mass is 10.1. The van der Waals surface area contributed by atoms with E-state index in [0.29, 0.717) is 6.42 Å². The van der Waals surface area contributed by atoms with Crippen LogP contribution in [-0.2, 0) is 13.5 Å². The number of hydrogen-bond donors (Lipinski definition) is 2. The van der Waals surface area contributed by atoms with Crippen LogP contribution in [0.3, 0.4) is 0 Å². The predicted molar refractivity (Wildman–Crippen MR) is 56.8 cm³/mol. The maximum absolute atomic E-state index is 5.49. The van der Waals surface area contributed by atoms with Crippen LogP contribution in [0.15, 0.2) is 24.8 Å². The number of rotatable bonds is 4. The van der Waals surface area contributed by atoms with Gasteiger partial charge in [-0.3, -0.25) is 25.9 Å². The van der Waals surface area contributed by atoms with Gasteiger partial charge in [0.25, 0.3) is 0 Å². The molecule has 0 radical (unpaired) electrons. The first-order valence-corrected chi connectivity index (χ1v) is 4.87. The monoisotopic (exact) mass is 219 g/mol. The first kappa shape index (κ1) is 10.7. The van der Waals surface area contributed by atoms with E-state index in [1.165, 1.54) is 0 Å². The van der Waals surface area contributed by atoms with Crippen molar-refractivity contribution in [1.82, 2.24) is 30.4 Å². The van der Waals surface area contributed by atoms with Crippen molar-refractivity contribution in [2.45, 2.75) is 12.5 Å². The van der Waals surface area contributed by atoms with Gasteiger partial charge in [-0.05, 0) is 0 Å². The van der Waals surface area contributed by atoms with Gasteiger partial charge in [-0.25, -0.2) is 0 Å². The Labute approximate surface area is 92.7 Å². The standard InChI is InChI=1S/C9H13N7/c1-16-6-7(14-15-16)4-8(13-10)9-5-11-2-3-12-9/h2-3,5-6,8,13H,4,10H2,1H3. The highest BCUT2D eigenvalue weighted by Crippen LogP contribution is 2.12. The molecule has 0 spiro atoms. The summed E-state index contributed by atoms with van der Waals surface area (Å²) in [7, 11) is 1.82. The Bertz CT molecular complexity index is 438. The molecule has 0 fully saturated rings. The fourth-order valence-corrected chi connectivity index (χ4v) is 1.44. The molecule has 3 N–H and O–H groups in total. The second-order valence-electron chi connectivity index (χ2n) is 3.44. The summed E-state index contributed by atoms with van der Waals surface area (Å²) in [5, 5.41) is 7.86. The molecule has 0 aliphatic carbocycles. The molecule has 7 nitrogen and oxygen atoms in total. The maximum atomic E-state index is 5.49. The Morgan fingerprint density at radius 3 is 2.94 bits per heavy atom. The van der Waals surface area contributed by atoms with E-state index in [2.05, 4.69) is 25.7 Å². The number of aromatic nitrogens is 5. The smallest absolute Gasteiger partial charge is 0.0847 e. The summed E-state index contributed by atoms with van der Waals surface area (Å²) in [5.41, 5.74) is 4.34. The quantitative estimate of drug-likeness (QED) is 0.524. The van der Waals surface area contributed by atoms with Gasteiger partial charge >= 0.3 is 0 Å². The van der Waals surface area contributed by atoms with Gasteiger partial charge in [0.15, 0.2) is 0 Å². The molecule has 1 unspecified atom stereocenters. The summed E-state index contributed by atoms with van der Waals surface area (Å²) in [4.78, 5) is 8.19. The molecular weight excluding hydrogens is 206 g/mol. The fourth-order valence-electron chi connectivity index (χ4n) is 1.44. The maximum Gasteiger partial charge on any atom is 0.0847 e. The summed E-state index contributed by atoms with van der Waals surface area (Å²) in [6, 6.07) is -0.106. The molecule has 2 aromatic rings. The zero-order chi connectivity index (χ0) is 11.4. The average Bonchev–Trinajstić information content (AvgIpc) is 2.73. The van der Waals surface area contributed by atoms with Crippen LogP contribution < -0.4 is 11.3 Å². The summed E-state index contributed by atoms with van der Waals surface area (Å²) < 4.78 is 1.65. The van der Waals surface area contributed by atoms with Crippen molar-refractivity contribution in [3.05, 3.63) is 36.2 Å². The Hall–Kier alpha value is -1.86. The second-order valence-corrected chi connectivity index (χ2v) is 3.44. The number of aryl methyl sites for hydroxylation is 1.